The lowest BCUT2D eigenvalue weighted by Gasteiger charge is -2.34. The van der Waals surface area contributed by atoms with Gasteiger partial charge in [-0.15, -0.1) is 0 Å². The molecule has 0 spiro atoms. The molecule has 4 amide bonds. The first-order chi connectivity index (χ1) is 10.9. The van der Waals surface area contributed by atoms with Gasteiger partial charge < -0.3 is 0 Å². The molecule has 1 fully saturated rings. The van der Waals surface area contributed by atoms with Gasteiger partial charge in [-0.2, -0.15) is 0 Å². The highest BCUT2D eigenvalue weighted by Gasteiger charge is 2.27. The molecule has 0 aliphatic carbocycles. The van der Waals surface area contributed by atoms with E-state index in [4.69, 9.17) is 0 Å². The summed E-state index contributed by atoms with van der Waals surface area (Å²) in [5, 5.41) is 4.79. The Labute approximate surface area is 137 Å². The lowest BCUT2D eigenvalue weighted by atomic mass is 10.00. The van der Waals surface area contributed by atoms with Gasteiger partial charge in [0.05, 0.1) is 13.1 Å². The SMILES string of the molecule is CC.Cc1cc(C)c(C)c(CN(C=O)N2CCC(=O)NC2=O)c1. The number of carbonyl (C=O) groups excluding carboxylic acids is 3. The summed E-state index contributed by atoms with van der Waals surface area (Å²) < 4.78 is 0. The van der Waals surface area contributed by atoms with Crippen molar-refractivity contribution >= 4 is 18.3 Å². The number of carbonyl (C=O) groups is 3. The zero-order valence-electron chi connectivity index (χ0n) is 14.5. The normalized spacial score (nSPS) is 13.9. The molecule has 2 rings (SSSR count). The third-order valence-corrected chi connectivity index (χ3v) is 3.71. The third kappa shape index (κ3) is 4.55. The first-order valence-electron chi connectivity index (χ1n) is 7.82. The van der Waals surface area contributed by atoms with Crippen LogP contribution < -0.4 is 5.32 Å². The average molecular weight is 319 g/mol. The van der Waals surface area contributed by atoms with Gasteiger partial charge in [0, 0.05) is 6.42 Å². The molecule has 1 N–H and O–H groups in total. The number of benzene rings is 1. The summed E-state index contributed by atoms with van der Waals surface area (Å²) in [6.45, 7) is 10.5. The summed E-state index contributed by atoms with van der Waals surface area (Å²) in [5.74, 6) is -0.315. The molecule has 1 aromatic carbocycles. The molecule has 0 unspecified atom stereocenters. The van der Waals surface area contributed by atoms with Crippen molar-refractivity contribution in [2.45, 2.75) is 47.6 Å². The van der Waals surface area contributed by atoms with E-state index in [0.717, 1.165) is 22.3 Å². The van der Waals surface area contributed by atoms with Crippen LogP contribution in [0.25, 0.3) is 0 Å². The van der Waals surface area contributed by atoms with Gasteiger partial charge >= 0.3 is 6.03 Å². The lowest BCUT2D eigenvalue weighted by molar-refractivity contribution is -0.136. The minimum atomic E-state index is -0.555. The molecule has 6 heteroatoms. The van der Waals surface area contributed by atoms with Crippen LogP contribution in [0.2, 0.25) is 0 Å². The predicted octanol–water partition coefficient (Wildman–Crippen LogP) is 2.45. The number of rotatable bonds is 4. The van der Waals surface area contributed by atoms with E-state index >= 15 is 0 Å². The number of amides is 4. The standard InChI is InChI=1S/C15H19N3O3.C2H6/c1-10-6-11(2)12(3)13(7-10)8-17(9-19)18-5-4-14(20)16-15(18)21;1-2/h6-7,9H,4-5,8H2,1-3H3,(H,16,20,21);1-2H3. The summed E-state index contributed by atoms with van der Waals surface area (Å²) in [7, 11) is 0. The largest absolute Gasteiger partial charge is 0.342 e. The maximum absolute atomic E-state index is 11.8. The van der Waals surface area contributed by atoms with E-state index in [1.165, 1.54) is 10.0 Å². The molecule has 126 valence electrons. The van der Waals surface area contributed by atoms with E-state index in [2.05, 4.69) is 11.4 Å². The molecule has 1 aromatic rings. The van der Waals surface area contributed by atoms with E-state index in [1.807, 2.05) is 40.7 Å². The molecule has 0 bridgehead atoms. The summed E-state index contributed by atoms with van der Waals surface area (Å²) in [5.41, 5.74) is 4.34. The fraction of sp³-hybridized carbons (Fsp3) is 0.471. The lowest BCUT2D eigenvalue weighted by Crippen LogP contribution is -2.56. The quantitative estimate of drug-likeness (QED) is 0.867. The van der Waals surface area contributed by atoms with Gasteiger partial charge in [0.25, 0.3) is 0 Å². The van der Waals surface area contributed by atoms with Crippen molar-refractivity contribution in [1.82, 2.24) is 15.3 Å². The van der Waals surface area contributed by atoms with Gasteiger partial charge in [-0.25, -0.2) is 14.8 Å². The average Bonchev–Trinajstić information content (AvgIpc) is 2.52. The van der Waals surface area contributed by atoms with E-state index in [-0.39, 0.29) is 18.9 Å². The van der Waals surface area contributed by atoms with Gasteiger partial charge in [0.15, 0.2) is 0 Å². The Hall–Kier alpha value is -2.37. The molecule has 1 aliphatic heterocycles. The van der Waals surface area contributed by atoms with Crippen LogP contribution in [0.4, 0.5) is 4.79 Å². The monoisotopic (exact) mass is 319 g/mol. The summed E-state index contributed by atoms with van der Waals surface area (Å²) in [4.78, 5) is 34.3. The van der Waals surface area contributed by atoms with Crippen LogP contribution in [0, 0.1) is 20.8 Å². The number of nitrogens with zero attached hydrogens (tertiary/aromatic N) is 2. The van der Waals surface area contributed by atoms with Crippen LogP contribution in [0.5, 0.6) is 0 Å². The van der Waals surface area contributed by atoms with Crippen molar-refractivity contribution in [1.29, 1.82) is 0 Å². The Bertz CT molecular complexity index is 599. The maximum atomic E-state index is 11.8. The van der Waals surface area contributed by atoms with Crippen LogP contribution in [-0.4, -0.2) is 34.9 Å². The maximum Gasteiger partial charge on any atom is 0.342 e. The Balaban J connectivity index is 0.00000127. The molecular formula is C17H25N3O3. The Morgan fingerprint density at radius 2 is 1.87 bits per heavy atom. The summed E-state index contributed by atoms with van der Waals surface area (Å²) in [6, 6.07) is 3.53. The van der Waals surface area contributed by atoms with E-state index < -0.39 is 6.03 Å². The van der Waals surface area contributed by atoms with Gasteiger partial charge in [-0.3, -0.25) is 14.9 Å². The van der Waals surface area contributed by atoms with Crippen LogP contribution >= 0.6 is 0 Å². The van der Waals surface area contributed by atoms with Crippen molar-refractivity contribution in [3.8, 4) is 0 Å². The second kappa shape index (κ2) is 8.31. The molecule has 1 aliphatic rings. The fourth-order valence-corrected chi connectivity index (χ4v) is 2.45. The second-order valence-electron chi connectivity index (χ2n) is 5.30. The number of nitrogens with one attached hydrogen (secondary N) is 1. The highest BCUT2D eigenvalue weighted by molar-refractivity contribution is 5.96. The topological polar surface area (TPSA) is 69.7 Å². The number of aryl methyl sites for hydroxylation is 2. The smallest absolute Gasteiger partial charge is 0.277 e. The van der Waals surface area contributed by atoms with Gasteiger partial charge in [0.2, 0.25) is 12.3 Å². The molecule has 1 saturated heterocycles. The van der Waals surface area contributed by atoms with Gasteiger partial charge in [-0.1, -0.05) is 31.5 Å². The van der Waals surface area contributed by atoms with E-state index in [0.29, 0.717) is 13.0 Å². The Kier molecular flexibility index (Phi) is 6.75. The number of imide groups is 1. The highest BCUT2D eigenvalue weighted by Crippen LogP contribution is 2.18. The van der Waals surface area contributed by atoms with Crippen molar-refractivity contribution < 1.29 is 14.4 Å². The molecule has 1 heterocycles. The van der Waals surface area contributed by atoms with Crippen molar-refractivity contribution in [3.63, 3.8) is 0 Å². The zero-order valence-corrected chi connectivity index (χ0v) is 14.5. The van der Waals surface area contributed by atoms with Crippen LogP contribution in [0.15, 0.2) is 12.1 Å². The highest BCUT2D eigenvalue weighted by atomic mass is 16.2. The third-order valence-electron chi connectivity index (χ3n) is 3.71. The molecular weight excluding hydrogens is 294 g/mol. The molecule has 0 radical (unpaired) electrons. The number of hydrogen-bond acceptors (Lipinski definition) is 3. The van der Waals surface area contributed by atoms with Crippen molar-refractivity contribution in [3.05, 3.63) is 34.4 Å². The molecule has 0 atom stereocenters. The molecule has 0 aromatic heterocycles. The minimum Gasteiger partial charge on any atom is -0.277 e. The van der Waals surface area contributed by atoms with E-state index in [1.54, 1.807) is 0 Å². The summed E-state index contributed by atoms with van der Waals surface area (Å²) >= 11 is 0. The van der Waals surface area contributed by atoms with Gasteiger partial charge in [0.1, 0.15) is 0 Å². The summed E-state index contributed by atoms with van der Waals surface area (Å²) in [6.07, 6.45) is 0.814. The number of hydrazine groups is 1. The first kappa shape index (κ1) is 18.7. The van der Waals surface area contributed by atoms with Crippen molar-refractivity contribution in [2.75, 3.05) is 6.54 Å². The first-order valence-corrected chi connectivity index (χ1v) is 7.82. The van der Waals surface area contributed by atoms with Crippen LogP contribution in [-0.2, 0) is 16.1 Å². The van der Waals surface area contributed by atoms with Crippen molar-refractivity contribution in [2.24, 2.45) is 0 Å². The second-order valence-corrected chi connectivity index (χ2v) is 5.30. The predicted molar refractivity (Wildman–Crippen MR) is 88.5 cm³/mol. The van der Waals surface area contributed by atoms with E-state index in [9.17, 15) is 14.4 Å². The van der Waals surface area contributed by atoms with Crippen LogP contribution in [0.3, 0.4) is 0 Å². The fourth-order valence-electron chi connectivity index (χ4n) is 2.45. The zero-order chi connectivity index (χ0) is 17.6. The number of hydrogen-bond donors (Lipinski definition) is 1. The Morgan fingerprint density at radius 1 is 1.22 bits per heavy atom. The minimum absolute atomic E-state index is 0.196. The molecule has 6 nitrogen and oxygen atoms in total. The molecule has 23 heavy (non-hydrogen) atoms. The van der Waals surface area contributed by atoms with Crippen LogP contribution in [0.1, 0.15) is 42.5 Å². The number of urea groups is 1. The Morgan fingerprint density at radius 3 is 2.43 bits per heavy atom. The van der Waals surface area contributed by atoms with Gasteiger partial charge in [-0.05, 0) is 37.5 Å². The molecule has 0 saturated carbocycles.